The molecule has 0 radical (unpaired) electrons. The van der Waals surface area contributed by atoms with Gasteiger partial charge in [-0.3, -0.25) is 4.90 Å². The Morgan fingerprint density at radius 2 is 2.28 bits per heavy atom. The average molecular weight is 314 g/mol. The van der Waals surface area contributed by atoms with Crippen LogP contribution in [-0.4, -0.2) is 35.3 Å². The number of hydrogen-bond donors (Lipinski definition) is 1. The average Bonchev–Trinajstić information content (AvgIpc) is 2.34. The lowest BCUT2D eigenvalue weighted by atomic mass is 10.1. The third-order valence-corrected chi connectivity index (χ3v) is 4.23. The molecular formula is C14H20BrNO2. The van der Waals surface area contributed by atoms with Crippen molar-refractivity contribution >= 4 is 15.9 Å². The van der Waals surface area contributed by atoms with E-state index in [4.69, 9.17) is 4.74 Å². The molecular weight excluding hydrogens is 294 g/mol. The van der Waals surface area contributed by atoms with Crippen LogP contribution in [0, 0.1) is 0 Å². The van der Waals surface area contributed by atoms with E-state index in [9.17, 15) is 5.11 Å². The summed E-state index contributed by atoms with van der Waals surface area (Å²) in [6.45, 7) is 6.89. The fourth-order valence-corrected chi connectivity index (χ4v) is 2.76. The van der Waals surface area contributed by atoms with Crippen molar-refractivity contribution in [1.29, 1.82) is 0 Å². The summed E-state index contributed by atoms with van der Waals surface area (Å²) in [7, 11) is 0. The Morgan fingerprint density at radius 3 is 3.00 bits per heavy atom. The van der Waals surface area contributed by atoms with Gasteiger partial charge in [0.15, 0.2) is 0 Å². The number of aromatic hydroxyl groups is 1. The standard InChI is InChI=1S/C14H20BrNO2/c1-3-12-9-18-10(2)7-16(12)8-11-6-13(17)4-5-14(11)15/h4-6,10,12,17H,3,7-9H2,1-2H3. The molecule has 0 spiro atoms. The summed E-state index contributed by atoms with van der Waals surface area (Å²) in [6.07, 6.45) is 1.37. The molecule has 1 aromatic carbocycles. The number of morpholine rings is 1. The van der Waals surface area contributed by atoms with Crippen LogP contribution in [0.25, 0.3) is 0 Å². The van der Waals surface area contributed by atoms with Crippen LogP contribution in [-0.2, 0) is 11.3 Å². The molecule has 1 aliphatic heterocycles. The summed E-state index contributed by atoms with van der Waals surface area (Å²) >= 11 is 3.55. The largest absolute Gasteiger partial charge is 0.508 e. The number of rotatable bonds is 3. The second-order valence-corrected chi connectivity index (χ2v) is 5.77. The number of nitrogens with zero attached hydrogens (tertiary/aromatic N) is 1. The van der Waals surface area contributed by atoms with Gasteiger partial charge in [0.05, 0.1) is 12.7 Å². The highest BCUT2D eigenvalue weighted by Crippen LogP contribution is 2.25. The van der Waals surface area contributed by atoms with E-state index in [0.717, 1.165) is 36.2 Å². The molecule has 1 saturated heterocycles. The molecule has 0 amide bonds. The van der Waals surface area contributed by atoms with Gasteiger partial charge in [-0.05, 0) is 37.1 Å². The van der Waals surface area contributed by atoms with Gasteiger partial charge in [0.2, 0.25) is 0 Å². The van der Waals surface area contributed by atoms with E-state index in [1.807, 2.05) is 12.1 Å². The first-order valence-electron chi connectivity index (χ1n) is 6.43. The molecule has 0 bridgehead atoms. The summed E-state index contributed by atoms with van der Waals surface area (Å²) < 4.78 is 6.75. The third-order valence-electron chi connectivity index (χ3n) is 3.46. The minimum Gasteiger partial charge on any atom is -0.508 e. The Morgan fingerprint density at radius 1 is 1.50 bits per heavy atom. The van der Waals surface area contributed by atoms with Crippen LogP contribution >= 0.6 is 15.9 Å². The maximum atomic E-state index is 9.58. The van der Waals surface area contributed by atoms with E-state index in [-0.39, 0.29) is 6.10 Å². The maximum absolute atomic E-state index is 9.58. The molecule has 1 N–H and O–H groups in total. The van der Waals surface area contributed by atoms with Crippen LogP contribution in [0.5, 0.6) is 5.75 Å². The summed E-state index contributed by atoms with van der Waals surface area (Å²) in [5.74, 6) is 0.322. The number of ether oxygens (including phenoxy) is 1. The van der Waals surface area contributed by atoms with Gasteiger partial charge in [0.25, 0.3) is 0 Å². The normalized spacial score (nSPS) is 25.3. The van der Waals surface area contributed by atoms with Crippen molar-refractivity contribution in [1.82, 2.24) is 4.90 Å². The quantitative estimate of drug-likeness (QED) is 0.930. The van der Waals surface area contributed by atoms with Crippen LogP contribution in [0.2, 0.25) is 0 Å². The van der Waals surface area contributed by atoms with E-state index in [1.54, 1.807) is 6.07 Å². The first-order valence-corrected chi connectivity index (χ1v) is 7.22. The zero-order valence-electron chi connectivity index (χ0n) is 10.9. The van der Waals surface area contributed by atoms with Gasteiger partial charge in [-0.2, -0.15) is 0 Å². The molecule has 2 unspecified atom stereocenters. The smallest absolute Gasteiger partial charge is 0.115 e. The highest BCUT2D eigenvalue weighted by atomic mass is 79.9. The number of halogens is 1. The fourth-order valence-electron chi connectivity index (χ4n) is 2.38. The molecule has 1 aliphatic rings. The Bertz CT molecular complexity index is 411. The molecule has 1 aromatic rings. The molecule has 1 heterocycles. The number of phenolic OH excluding ortho intramolecular Hbond substituents is 1. The highest BCUT2D eigenvalue weighted by Gasteiger charge is 2.25. The Balaban J connectivity index is 2.12. The lowest BCUT2D eigenvalue weighted by Gasteiger charge is -2.38. The van der Waals surface area contributed by atoms with E-state index >= 15 is 0 Å². The zero-order chi connectivity index (χ0) is 13.1. The van der Waals surface area contributed by atoms with Gasteiger partial charge in [-0.25, -0.2) is 0 Å². The van der Waals surface area contributed by atoms with Crippen molar-refractivity contribution < 1.29 is 9.84 Å². The lowest BCUT2D eigenvalue weighted by Crippen LogP contribution is -2.47. The third kappa shape index (κ3) is 3.25. The van der Waals surface area contributed by atoms with E-state index in [0.29, 0.717) is 11.8 Å². The minimum absolute atomic E-state index is 0.281. The number of phenols is 1. The summed E-state index contributed by atoms with van der Waals surface area (Å²) in [5.41, 5.74) is 1.13. The summed E-state index contributed by atoms with van der Waals surface area (Å²) in [4.78, 5) is 2.44. The van der Waals surface area contributed by atoms with Crippen LogP contribution in [0.1, 0.15) is 25.8 Å². The first kappa shape index (κ1) is 13.8. The predicted octanol–water partition coefficient (Wildman–Crippen LogP) is 3.15. The zero-order valence-corrected chi connectivity index (χ0v) is 12.5. The maximum Gasteiger partial charge on any atom is 0.115 e. The molecule has 2 atom stereocenters. The number of hydrogen-bond acceptors (Lipinski definition) is 3. The van der Waals surface area contributed by atoms with Gasteiger partial charge in [-0.15, -0.1) is 0 Å². The lowest BCUT2D eigenvalue weighted by molar-refractivity contribution is -0.0592. The molecule has 0 aromatic heterocycles. The SMILES string of the molecule is CCC1COC(C)CN1Cc1cc(O)ccc1Br. The molecule has 2 rings (SSSR count). The van der Waals surface area contributed by atoms with Crippen molar-refractivity contribution in [3.63, 3.8) is 0 Å². The highest BCUT2D eigenvalue weighted by molar-refractivity contribution is 9.10. The van der Waals surface area contributed by atoms with Crippen molar-refractivity contribution in [2.24, 2.45) is 0 Å². The van der Waals surface area contributed by atoms with Crippen molar-refractivity contribution in [3.8, 4) is 5.75 Å². The van der Waals surface area contributed by atoms with Crippen LogP contribution < -0.4 is 0 Å². The second kappa shape index (κ2) is 6.04. The van der Waals surface area contributed by atoms with Crippen molar-refractivity contribution in [2.75, 3.05) is 13.2 Å². The van der Waals surface area contributed by atoms with Gasteiger partial charge >= 0.3 is 0 Å². The first-order chi connectivity index (χ1) is 8.60. The van der Waals surface area contributed by atoms with E-state index < -0.39 is 0 Å². The molecule has 1 fully saturated rings. The van der Waals surface area contributed by atoms with Gasteiger partial charge in [0.1, 0.15) is 5.75 Å². The molecule has 0 saturated carbocycles. The number of benzene rings is 1. The summed E-state index contributed by atoms with van der Waals surface area (Å²) in [5, 5.41) is 9.58. The minimum atomic E-state index is 0.281. The van der Waals surface area contributed by atoms with Crippen LogP contribution in [0.15, 0.2) is 22.7 Å². The molecule has 0 aliphatic carbocycles. The second-order valence-electron chi connectivity index (χ2n) is 4.91. The molecule has 100 valence electrons. The fraction of sp³-hybridized carbons (Fsp3) is 0.571. The van der Waals surface area contributed by atoms with E-state index in [2.05, 4.69) is 34.7 Å². The van der Waals surface area contributed by atoms with E-state index in [1.165, 1.54) is 0 Å². The summed E-state index contributed by atoms with van der Waals surface area (Å²) in [6, 6.07) is 5.90. The van der Waals surface area contributed by atoms with Crippen LogP contribution in [0.3, 0.4) is 0 Å². The predicted molar refractivity (Wildman–Crippen MR) is 75.7 cm³/mol. The van der Waals surface area contributed by atoms with Gasteiger partial charge in [0, 0.05) is 23.6 Å². The molecule has 4 heteroatoms. The Kier molecular flexibility index (Phi) is 4.65. The van der Waals surface area contributed by atoms with Crippen LogP contribution in [0.4, 0.5) is 0 Å². The van der Waals surface area contributed by atoms with Gasteiger partial charge in [-0.1, -0.05) is 22.9 Å². The van der Waals surface area contributed by atoms with Crippen molar-refractivity contribution in [2.45, 2.75) is 39.0 Å². The Labute approximate surface area is 117 Å². The topological polar surface area (TPSA) is 32.7 Å². The monoisotopic (exact) mass is 313 g/mol. The van der Waals surface area contributed by atoms with Crippen molar-refractivity contribution in [3.05, 3.63) is 28.2 Å². The van der Waals surface area contributed by atoms with Gasteiger partial charge < -0.3 is 9.84 Å². The molecule has 3 nitrogen and oxygen atoms in total. The Hall–Kier alpha value is -0.580. The molecule has 18 heavy (non-hydrogen) atoms.